The van der Waals surface area contributed by atoms with Gasteiger partial charge in [-0.2, -0.15) is 0 Å². The zero-order chi connectivity index (χ0) is 29.8. The standard InChI is InChI=1S/C40H68/c1-31(19-13-21-33(3)25-27-37-35(5)23-15-29-39(37,7)8)17-11-12-18-32(2)20-14-22-34(4)26-28-38-36(6)24-16-30-40(38,9)10/h17,21,25,27,32,34H,11-16,18-20,22-24,26,28-30H2,1-10H3/b27-25+,31-17-,33-21+. The normalized spacial score (nSPS) is 21.9. The highest BCUT2D eigenvalue weighted by Crippen LogP contribution is 2.43. The van der Waals surface area contributed by atoms with Crippen LogP contribution < -0.4 is 0 Å². The molecule has 0 aromatic carbocycles. The summed E-state index contributed by atoms with van der Waals surface area (Å²) in [7, 11) is 0. The molecule has 2 atom stereocenters. The number of hydrogen-bond acceptors (Lipinski definition) is 0. The largest absolute Gasteiger partial charge is 0.0856 e. The van der Waals surface area contributed by atoms with Crippen LogP contribution in [0.3, 0.4) is 0 Å². The van der Waals surface area contributed by atoms with E-state index in [1.165, 1.54) is 102 Å². The molecule has 0 heteroatoms. The third-order valence-electron chi connectivity index (χ3n) is 10.4. The molecular formula is C40H68. The third-order valence-corrected chi connectivity index (χ3v) is 10.4. The van der Waals surface area contributed by atoms with Crippen molar-refractivity contribution < 1.29 is 0 Å². The maximum Gasteiger partial charge on any atom is -0.0104 e. The molecule has 0 radical (unpaired) electrons. The number of hydrogen-bond donors (Lipinski definition) is 0. The van der Waals surface area contributed by atoms with Crippen LogP contribution in [0.15, 0.2) is 57.7 Å². The van der Waals surface area contributed by atoms with E-state index < -0.39 is 0 Å². The Bertz CT molecular complexity index is 925. The molecule has 0 aromatic rings. The molecule has 2 unspecified atom stereocenters. The van der Waals surface area contributed by atoms with Gasteiger partial charge in [0.2, 0.25) is 0 Å². The fourth-order valence-electron chi connectivity index (χ4n) is 7.46. The summed E-state index contributed by atoms with van der Waals surface area (Å²) in [6.07, 6.45) is 31.0. The van der Waals surface area contributed by atoms with E-state index in [-0.39, 0.29) is 0 Å². The molecule has 2 aliphatic rings. The summed E-state index contributed by atoms with van der Waals surface area (Å²) >= 11 is 0. The van der Waals surface area contributed by atoms with Crippen LogP contribution in [-0.2, 0) is 0 Å². The van der Waals surface area contributed by atoms with E-state index in [1.54, 1.807) is 27.9 Å². The second kappa shape index (κ2) is 17.0. The van der Waals surface area contributed by atoms with Gasteiger partial charge in [-0.25, -0.2) is 0 Å². The lowest BCUT2D eigenvalue weighted by molar-refractivity contribution is 0.338. The lowest BCUT2D eigenvalue weighted by Crippen LogP contribution is -2.20. The van der Waals surface area contributed by atoms with Gasteiger partial charge in [-0.15, -0.1) is 0 Å². The van der Waals surface area contributed by atoms with Gasteiger partial charge in [0.1, 0.15) is 0 Å². The molecule has 0 saturated heterocycles. The van der Waals surface area contributed by atoms with Gasteiger partial charge in [0, 0.05) is 0 Å². The Morgan fingerprint density at radius 2 is 1.35 bits per heavy atom. The molecule has 2 aliphatic carbocycles. The summed E-state index contributed by atoms with van der Waals surface area (Å²) < 4.78 is 0. The molecular weight excluding hydrogens is 480 g/mol. The second-order valence-electron chi connectivity index (χ2n) is 15.4. The van der Waals surface area contributed by atoms with Crippen LogP contribution in [0.4, 0.5) is 0 Å². The quantitative estimate of drug-likeness (QED) is 0.102. The lowest BCUT2D eigenvalue weighted by atomic mass is 9.70. The Kier molecular flexibility index (Phi) is 14.8. The van der Waals surface area contributed by atoms with Crippen molar-refractivity contribution in [1.82, 2.24) is 0 Å². The van der Waals surface area contributed by atoms with E-state index >= 15 is 0 Å². The Labute approximate surface area is 252 Å². The van der Waals surface area contributed by atoms with Crippen LogP contribution in [0.1, 0.15) is 172 Å². The van der Waals surface area contributed by atoms with Crippen molar-refractivity contribution in [3.63, 3.8) is 0 Å². The van der Waals surface area contributed by atoms with Crippen molar-refractivity contribution in [2.24, 2.45) is 22.7 Å². The smallest absolute Gasteiger partial charge is 0.0104 e. The van der Waals surface area contributed by atoms with Crippen molar-refractivity contribution in [3.05, 3.63) is 57.7 Å². The summed E-state index contributed by atoms with van der Waals surface area (Å²) in [5.41, 5.74) is 10.4. The van der Waals surface area contributed by atoms with Crippen molar-refractivity contribution >= 4 is 0 Å². The molecule has 0 saturated carbocycles. The maximum atomic E-state index is 2.51. The molecule has 2 rings (SSSR count). The molecule has 0 spiro atoms. The lowest BCUT2D eigenvalue weighted by Gasteiger charge is -2.35. The minimum atomic E-state index is 0.331. The zero-order valence-corrected chi connectivity index (χ0v) is 28.8. The first-order chi connectivity index (χ1) is 18.8. The Hall–Kier alpha value is -1.30. The predicted octanol–water partition coefficient (Wildman–Crippen LogP) is 13.7. The average molecular weight is 549 g/mol. The van der Waals surface area contributed by atoms with Crippen LogP contribution in [0.25, 0.3) is 0 Å². The van der Waals surface area contributed by atoms with Gasteiger partial charge in [-0.3, -0.25) is 0 Å². The van der Waals surface area contributed by atoms with Gasteiger partial charge in [0.05, 0.1) is 0 Å². The zero-order valence-electron chi connectivity index (χ0n) is 28.8. The molecule has 0 amide bonds. The molecule has 0 N–H and O–H groups in total. The van der Waals surface area contributed by atoms with Crippen molar-refractivity contribution in [1.29, 1.82) is 0 Å². The van der Waals surface area contributed by atoms with Gasteiger partial charge < -0.3 is 0 Å². The first kappa shape index (κ1) is 34.9. The first-order valence-corrected chi connectivity index (χ1v) is 17.2. The van der Waals surface area contributed by atoms with Crippen LogP contribution in [-0.4, -0.2) is 0 Å². The second-order valence-corrected chi connectivity index (χ2v) is 15.4. The van der Waals surface area contributed by atoms with Gasteiger partial charge in [0.25, 0.3) is 0 Å². The Morgan fingerprint density at radius 1 is 0.750 bits per heavy atom. The number of rotatable bonds is 16. The van der Waals surface area contributed by atoms with E-state index in [0.29, 0.717) is 10.8 Å². The van der Waals surface area contributed by atoms with E-state index in [1.807, 2.05) is 0 Å². The molecule has 40 heavy (non-hydrogen) atoms. The van der Waals surface area contributed by atoms with Crippen LogP contribution in [0, 0.1) is 22.7 Å². The van der Waals surface area contributed by atoms with E-state index in [0.717, 1.165) is 18.3 Å². The average Bonchev–Trinajstić information content (AvgIpc) is 2.85. The minimum Gasteiger partial charge on any atom is -0.0856 e. The Balaban J connectivity index is 1.59. The van der Waals surface area contributed by atoms with Crippen LogP contribution >= 0.6 is 0 Å². The molecule has 0 aliphatic heterocycles. The molecule has 0 nitrogen and oxygen atoms in total. The van der Waals surface area contributed by atoms with Crippen LogP contribution in [0.5, 0.6) is 0 Å². The van der Waals surface area contributed by atoms with Crippen molar-refractivity contribution in [2.45, 2.75) is 172 Å². The summed E-state index contributed by atoms with van der Waals surface area (Å²) in [6.45, 7) is 24.0. The van der Waals surface area contributed by atoms with Gasteiger partial charge in [-0.05, 0) is 133 Å². The summed E-state index contributed by atoms with van der Waals surface area (Å²) in [6, 6.07) is 0. The van der Waals surface area contributed by atoms with E-state index in [9.17, 15) is 0 Å². The van der Waals surface area contributed by atoms with Crippen molar-refractivity contribution in [3.8, 4) is 0 Å². The predicted molar refractivity (Wildman–Crippen MR) is 182 cm³/mol. The fourth-order valence-corrected chi connectivity index (χ4v) is 7.46. The Morgan fingerprint density at radius 3 is 2.00 bits per heavy atom. The highest BCUT2D eigenvalue weighted by molar-refractivity contribution is 5.36. The van der Waals surface area contributed by atoms with E-state index in [4.69, 9.17) is 0 Å². The number of allylic oxidation sites excluding steroid dienone is 10. The minimum absolute atomic E-state index is 0.331. The molecule has 0 fully saturated rings. The third kappa shape index (κ3) is 12.3. The molecule has 0 bridgehead atoms. The topological polar surface area (TPSA) is 0 Å². The number of unbranched alkanes of at least 4 members (excludes halogenated alkanes) is 1. The van der Waals surface area contributed by atoms with Gasteiger partial charge >= 0.3 is 0 Å². The highest BCUT2D eigenvalue weighted by atomic mass is 14.3. The van der Waals surface area contributed by atoms with Crippen LogP contribution in [0.2, 0.25) is 0 Å². The van der Waals surface area contributed by atoms with Crippen molar-refractivity contribution in [2.75, 3.05) is 0 Å². The molecule has 0 heterocycles. The SMILES string of the molecule is CC1=C(/C=C/C(C)=C/CC/C(C)=C\CCCC(C)CCCC(C)CCC2=C(C)CCCC2(C)C)C(C)(C)CCC1. The van der Waals surface area contributed by atoms with Gasteiger partial charge in [-0.1, -0.05) is 119 Å². The molecule has 228 valence electrons. The highest BCUT2D eigenvalue weighted by Gasteiger charge is 2.28. The van der Waals surface area contributed by atoms with E-state index in [2.05, 4.69) is 93.5 Å². The maximum absolute atomic E-state index is 2.51. The monoisotopic (exact) mass is 549 g/mol. The fraction of sp³-hybridized carbons (Fsp3) is 0.750. The first-order valence-electron chi connectivity index (χ1n) is 17.2. The summed E-state index contributed by atoms with van der Waals surface area (Å²) in [5, 5.41) is 0. The summed E-state index contributed by atoms with van der Waals surface area (Å²) in [5.74, 6) is 1.73. The summed E-state index contributed by atoms with van der Waals surface area (Å²) in [4.78, 5) is 0. The van der Waals surface area contributed by atoms with Gasteiger partial charge in [0.15, 0.2) is 0 Å². The molecule has 0 aromatic heterocycles.